The molecule has 1 rings (SSSR count). The van der Waals surface area contributed by atoms with Crippen molar-refractivity contribution in [1.29, 1.82) is 0 Å². The van der Waals surface area contributed by atoms with Crippen LogP contribution in [0.1, 0.15) is 18.9 Å². The largest absolute Gasteiger partial charge is 0.313 e. The van der Waals surface area contributed by atoms with E-state index in [1.807, 2.05) is 11.8 Å². The summed E-state index contributed by atoms with van der Waals surface area (Å²) in [6.45, 7) is 3.26. The third kappa shape index (κ3) is 4.49. The van der Waals surface area contributed by atoms with Crippen LogP contribution in [0.3, 0.4) is 0 Å². The molecule has 1 atom stereocenters. The molecule has 0 fully saturated rings. The maximum atomic E-state index is 3.53. The Labute approximate surface area is 95.3 Å². The van der Waals surface area contributed by atoms with Crippen LogP contribution < -0.4 is 5.32 Å². The van der Waals surface area contributed by atoms with E-state index >= 15 is 0 Å². The Hall–Kier alpha value is 0.01000. The van der Waals surface area contributed by atoms with Gasteiger partial charge in [-0.25, -0.2) is 0 Å². The van der Waals surface area contributed by atoms with Crippen molar-refractivity contribution in [1.82, 2.24) is 5.32 Å². The highest BCUT2D eigenvalue weighted by Gasteiger charge is 2.06. The van der Waals surface area contributed by atoms with E-state index in [1.165, 1.54) is 24.2 Å². The zero-order valence-corrected chi connectivity index (χ0v) is 10.6. The Morgan fingerprint density at radius 1 is 1.57 bits per heavy atom. The molecule has 0 aliphatic heterocycles. The van der Waals surface area contributed by atoms with Gasteiger partial charge in [0.15, 0.2) is 0 Å². The van der Waals surface area contributed by atoms with Gasteiger partial charge in [-0.05, 0) is 48.0 Å². The van der Waals surface area contributed by atoms with Crippen molar-refractivity contribution in [2.75, 3.05) is 18.6 Å². The number of aryl methyl sites for hydroxylation is 1. The summed E-state index contributed by atoms with van der Waals surface area (Å²) in [7, 11) is 0. The van der Waals surface area contributed by atoms with E-state index in [2.05, 4.69) is 35.3 Å². The number of hydrogen-bond donors (Lipinski definition) is 1. The molecule has 1 heterocycles. The van der Waals surface area contributed by atoms with Gasteiger partial charge in [0.2, 0.25) is 0 Å². The maximum absolute atomic E-state index is 3.53. The van der Waals surface area contributed by atoms with Crippen molar-refractivity contribution >= 4 is 23.1 Å². The predicted octanol–water partition coefficient (Wildman–Crippen LogP) is 3.02. The average Bonchev–Trinajstić information content (AvgIpc) is 2.67. The van der Waals surface area contributed by atoms with Gasteiger partial charge in [0.25, 0.3) is 0 Å². The fourth-order valence-corrected chi connectivity index (χ4v) is 2.90. The molecule has 0 bridgehead atoms. The number of thioether (sulfide) groups is 1. The first-order valence-electron chi connectivity index (χ1n) is 5.10. The third-order valence-electron chi connectivity index (χ3n) is 2.22. The van der Waals surface area contributed by atoms with Gasteiger partial charge in [-0.2, -0.15) is 23.1 Å². The van der Waals surface area contributed by atoms with Crippen LogP contribution >= 0.6 is 23.1 Å². The summed E-state index contributed by atoms with van der Waals surface area (Å²) in [5, 5.41) is 7.94. The van der Waals surface area contributed by atoms with E-state index < -0.39 is 0 Å². The molecule has 0 aromatic carbocycles. The van der Waals surface area contributed by atoms with E-state index in [-0.39, 0.29) is 0 Å². The van der Waals surface area contributed by atoms with E-state index in [4.69, 9.17) is 0 Å². The minimum atomic E-state index is 0.676. The molecule has 1 nitrogen and oxygen atoms in total. The first-order chi connectivity index (χ1) is 6.86. The molecule has 0 saturated carbocycles. The Morgan fingerprint density at radius 2 is 2.43 bits per heavy atom. The Morgan fingerprint density at radius 3 is 3.00 bits per heavy atom. The maximum Gasteiger partial charge on any atom is 0.0161 e. The zero-order chi connectivity index (χ0) is 10.2. The first-order valence-corrected chi connectivity index (χ1v) is 7.44. The van der Waals surface area contributed by atoms with Crippen molar-refractivity contribution in [2.24, 2.45) is 0 Å². The summed E-state index contributed by atoms with van der Waals surface area (Å²) < 4.78 is 0. The highest BCUT2D eigenvalue weighted by atomic mass is 32.2. The summed E-state index contributed by atoms with van der Waals surface area (Å²) in [4.78, 5) is 0. The van der Waals surface area contributed by atoms with Crippen LogP contribution in [0.4, 0.5) is 0 Å². The molecule has 1 aromatic heterocycles. The molecule has 14 heavy (non-hydrogen) atoms. The molecule has 80 valence electrons. The molecule has 0 radical (unpaired) electrons. The molecule has 3 heteroatoms. The summed E-state index contributed by atoms with van der Waals surface area (Å²) in [5.74, 6) is 1.22. The molecule has 0 aliphatic carbocycles. The van der Waals surface area contributed by atoms with E-state index in [0.29, 0.717) is 6.04 Å². The summed E-state index contributed by atoms with van der Waals surface area (Å²) in [6, 6.07) is 2.90. The first kappa shape index (κ1) is 12.1. The normalized spacial score (nSPS) is 13.0. The zero-order valence-electron chi connectivity index (χ0n) is 8.95. The lowest BCUT2D eigenvalue weighted by Crippen LogP contribution is -2.31. The summed E-state index contributed by atoms with van der Waals surface area (Å²) in [6.07, 6.45) is 4.64. The Kier molecular flexibility index (Phi) is 6.32. The number of rotatable bonds is 7. The van der Waals surface area contributed by atoms with Gasteiger partial charge < -0.3 is 5.32 Å². The van der Waals surface area contributed by atoms with Gasteiger partial charge in [0, 0.05) is 11.8 Å². The third-order valence-corrected chi connectivity index (χ3v) is 3.69. The van der Waals surface area contributed by atoms with E-state index in [0.717, 1.165) is 6.54 Å². The van der Waals surface area contributed by atoms with Gasteiger partial charge in [-0.15, -0.1) is 0 Å². The molecular weight excluding hydrogens is 210 g/mol. The van der Waals surface area contributed by atoms with Crippen molar-refractivity contribution in [3.8, 4) is 0 Å². The molecule has 1 N–H and O–H groups in total. The second-order valence-electron chi connectivity index (χ2n) is 3.38. The molecule has 0 aliphatic rings. The Balaban J connectivity index is 2.25. The molecule has 1 aromatic rings. The van der Waals surface area contributed by atoms with E-state index in [1.54, 1.807) is 11.3 Å². The van der Waals surface area contributed by atoms with Gasteiger partial charge in [-0.3, -0.25) is 0 Å². The van der Waals surface area contributed by atoms with Crippen LogP contribution in [0.25, 0.3) is 0 Å². The van der Waals surface area contributed by atoms with Gasteiger partial charge in [0.05, 0.1) is 0 Å². The van der Waals surface area contributed by atoms with Crippen LogP contribution in [0.2, 0.25) is 0 Å². The number of hydrogen-bond acceptors (Lipinski definition) is 3. The molecule has 0 spiro atoms. The van der Waals surface area contributed by atoms with Gasteiger partial charge in [-0.1, -0.05) is 6.92 Å². The van der Waals surface area contributed by atoms with Gasteiger partial charge >= 0.3 is 0 Å². The SMILES string of the molecule is CCNC(CCc1ccsc1)CSC. The molecule has 0 saturated heterocycles. The predicted molar refractivity (Wildman–Crippen MR) is 68.5 cm³/mol. The van der Waals surface area contributed by atoms with Crippen molar-refractivity contribution in [3.63, 3.8) is 0 Å². The smallest absolute Gasteiger partial charge is 0.0161 e. The van der Waals surface area contributed by atoms with Crippen molar-refractivity contribution < 1.29 is 0 Å². The van der Waals surface area contributed by atoms with Crippen LogP contribution in [0, 0.1) is 0 Å². The number of nitrogens with one attached hydrogen (secondary N) is 1. The minimum Gasteiger partial charge on any atom is -0.313 e. The lowest BCUT2D eigenvalue weighted by Gasteiger charge is -2.15. The lowest BCUT2D eigenvalue weighted by molar-refractivity contribution is 0.538. The summed E-state index contributed by atoms with van der Waals surface area (Å²) in [5.41, 5.74) is 1.49. The Bertz CT molecular complexity index is 215. The van der Waals surface area contributed by atoms with Crippen molar-refractivity contribution in [2.45, 2.75) is 25.8 Å². The van der Waals surface area contributed by atoms with Crippen LogP contribution in [0.5, 0.6) is 0 Å². The van der Waals surface area contributed by atoms with Crippen LogP contribution in [-0.2, 0) is 6.42 Å². The molecule has 1 unspecified atom stereocenters. The van der Waals surface area contributed by atoms with Crippen LogP contribution in [-0.4, -0.2) is 24.6 Å². The highest BCUT2D eigenvalue weighted by molar-refractivity contribution is 7.98. The lowest BCUT2D eigenvalue weighted by atomic mass is 10.1. The van der Waals surface area contributed by atoms with Gasteiger partial charge in [0.1, 0.15) is 0 Å². The van der Waals surface area contributed by atoms with Crippen molar-refractivity contribution in [3.05, 3.63) is 22.4 Å². The fraction of sp³-hybridized carbons (Fsp3) is 0.636. The summed E-state index contributed by atoms with van der Waals surface area (Å²) >= 11 is 3.72. The topological polar surface area (TPSA) is 12.0 Å². The molecular formula is C11H19NS2. The standard InChI is InChI=1S/C11H19NS2/c1-3-12-11(9-13-2)5-4-10-6-7-14-8-10/h6-8,11-12H,3-5,9H2,1-2H3. The second kappa shape index (κ2) is 7.32. The van der Waals surface area contributed by atoms with Crippen LogP contribution in [0.15, 0.2) is 16.8 Å². The monoisotopic (exact) mass is 229 g/mol. The average molecular weight is 229 g/mol. The second-order valence-corrected chi connectivity index (χ2v) is 5.07. The quantitative estimate of drug-likeness (QED) is 0.771. The van der Waals surface area contributed by atoms with E-state index in [9.17, 15) is 0 Å². The molecule has 0 amide bonds. The number of thiophene rings is 1. The highest BCUT2D eigenvalue weighted by Crippen LogP contribution is 2.11. The fourth-order valence-electron chi connectivity index (χ4n) is 1.51. The minimum absolute atomic E-state index is 0.676.